The number of carbonyl (C=O) groups is 2. The Morgan fingerprint density at radius 1 is 1.44 bits per heavy atom. The van der Waals surface area contributed by atoms with Crippen LogP contribution in [-0.2, 0) is 14.3 Å². The van der Waals surface area contributed by atoms with Crippen LogP contribution < -0.4 is 4.74 Å². The van der Waals surface area contributed by atoms with Crippen molar-refractivity contribution in [2.45, 2.75) is 12.3 Å². The highest BCUT2D eigenvalue weighted by Crippen LogP contribution is 2.34. The molecule has 1 aromatic carbocycles. The summed E-state index contributed by atoms with van der Waals surface area (Å²) in [5.74, 6) is -0.869. The number of halogens is 1. The Labute approximate surface area is 101 Å². The van der Waals surface area contributed by atoms with Crippen LogP contribution in [0.2, 0.25) is 0 Å². The summed E-state index contributed by atoms with van der Waals surface area (Å²) in [5.41, 5.74) is 0.718. The number of hydrogen-bond acceptors (Lipinski definition) is 4. The van der Waals surface area contributed by atoms with Gasteiger partial charge in [-0.05, 0) is 23.8 Å². The Kier molecular flexibility index (Phi) is 2.96. The highest BCUT2D eigenvalue weighted by molar-refractivity contribution is 9.10. The van der Waals surface area contributed by atoms with Crippen molar-refractivity contribution in [3.05, 3.63) is 28.2 Å². The van der Waals surface area contributed by atoms with Gasteiger partial charge in [-0.25, -0.2) is 0 Å². The first-order chi connectivity index (χ1) is 7.61. The van der Waals surface area contributed by atoms with Crippen molar-refractivity contribution >= 4 is 27.9 Å². The van der Waals surface area contributed by atoms with Crippen molar-refractivity contribution in [2.75, 3.05) is 7.11 Å². The molecular formula is C11H9BrO4. The third-order valence-electron chi connectivity index (χ3n) is 2.45. The number of carbonyl (C=O) groups excluding carboxylic acids is 2. The summed E-state index contributed by atoms with van der Waals surface area (Å²) in [7, 11) is 1.55. The van der Waals surface area contributed by atoms with Gasteiger partial charge in [0.2, 0.25) is 0 Å². The minimum Gasteiger partial charge on any atom is -0.497 e. The Hall–Kier alpha value is -1.36. The van der Waals surface area contributed by atoms with Crippen LogP contribution in [0.25, 0.3) is 0 Å². The summed E-state index contributed by atoms with van der Waals surface area (Å²) < 4.78 is 10.4. The lowest BCUT2D eigenvalue weighted by Crippen LogP contribution is -2.06. The van der Waals surface area contributed by atoms with Crippen molar-refractivity contribution < 1.29 is 19.1 Å². The third kappa shape index (κ3) is 1.95. The summed E-state index contributed by atoms with van der Waals surface area (Å²) in [6.45, 7) is 0. The van der Waals surface area contributed by atoms with Crippen molar-refractivity contribution in [3.63, 3.8) is 0 Å². The second-order valence-electron chi connectivity index (χ2n) is 3.44. The minimum absolute atomic E-state index is 0.0879. The van der Waals surface area contributed by atoms with Gasteiger partial charge in [0.15, 0.2) is 0 Å². The largest absolute Gasteiger partial charge is 0.497 e. The minimum atomic E-state index is -0.531. The van der Waals surface area contributed by atoms with E-state index in [-0.39, 0.29) is 6.42 Å². The molecule has 0 amide bonds. The van der Waals surface area contributed by atoms with Crippen LogP contribution in [0.15, 0.2) is 22.7 Å². The lowest BCUT2D eigenvalue weighted by atomic mass is 9.97. The number of cyclic esters (lactones) is 2. The molecule has 1 aromatic rings. The van der Waals surface area contributed by atoms with Gasteiger partial charge in [0.05, 0.1) is 19.4 Å². The standard InChI is InChI=1S/C11H9BrO4/c1-15-6-2-3-9(12)7(4-6)8-5-10(13)16-11(8)14/h2-4,8H,5H2,1H3. The summed E-state index contributed by atoms with van der Waals surface area (Å²) in [5, 5.41) is 0. The molecule has 0 spiro atoms. The molecule has 1 aliphatic rings. The quantitative estimate of drug-likeness (QED) is 0.616. The first kappa shape index (κ1) is 11.1. The molecule has 5 heteroatoms. The molecule has 0 aromatic heterocycles. The second-order valence-corrected chi connectivity index (χ2v) is 4.29. The van der Waals surface area contributed by atoms with Gasteiger partial charge in [-0.1, -0.05) is 15.9 Å². The fourth-order valence-corrected chi connectivity index (χ4v) is 2.15. The smallest absolute Gasteiger partial charge is 0.321 e. The monoisotopic (exact) mass is 284 g/mol. The molecule has 0 N–H and O–H groups in total. The van der Waals surface area contributed by atoms with Gasteiger partial charge in [0, 0.05) is 4.47 Å². The Balaban J connectivity index is 2.39. The highest BCUT2D eigenvalue weighted by atomic mass is 79.9. The van der Waals surface area contributed by atoms with Crippen molar-refractivity contribution in [3.8, 4) is 5.75 Å². The summed E-state index contributed by atoms with van der Waals surface area (Å²) in [6.07, 6.45) is 0.0879. The van der Waals surface area contributed by atoms with E-state index in [4.69, 9.17) is 4.74 Å². The van der Waals surface area contributed by atoms with E-state index < -0.39 is 17.9 Å². The van der Waals surface area contributed by atoms with Crippen LogP contribution >= 0.6 is 15.9 Å². The highest BCUT2D eigenvalue weighted by Gasteiger charge is 2.35. The van der Waals surface area contributed by atoms with Crippen LogP contribution in [0.5, 0.6) is 5.75 Å². The fourth-order valence-electron chi connectivity index (χ4n) is 1.63. The van der Waals surface area contributed by atoms with E-state index in [0.717, 1.165) is 10.0 Å². The molecule has 0 saturated carbocycles. The molecule has 1 heterocycles. The van der Waals surface area contributed by atoms with E-state index in [0.29, 0.717) is 5.75 Å². The zero-order valence-corrected chi connectivity index (χ0v) is 10.1. The van der Waals surface area contributed by atoms with E-state index in [1.165, 1.54) is 0 Å². The van der Waals surface area contributed by atoms with Gasteiger partial charge in [-0.3, -0.25) is 9.59 Å². The van der Waals surface area contributed by atoms with E-state index in [2.05, 4.69) is 20.7 Å². The average molecular weight is 285 g/mol. The van der Waals surface area contributed by atoms with E-state index in [1.807, 2.05) is 0 Å². The second kappa shape index (κ2) is 4.25. The number of methoxy groups -OCH3 is 1. The van der Waals surface area contributed by atoms with Gasteiger partial charge in [0.25, 0.3) is 0 Å². The predicted octanol–water partition coefficient (Wildman–Crippen LogP) is 2.01. The summed E-state index contributed by atoms with van der Waals surface area (Å²) in [4.78, 5) is 22.4. The number of hydrogen-bond donors (Lipinski definition) is 0. The molecule has 0 radical (unpaired) electrons. The molecule has 1 atom stereocenters. The maximum absolute atomic E-state index is 11.4. The van der Waals surface area contributed by atoms with E-state index in [1.54, 1.807) is 25.3 Å². The maximum atomic E-state index is 11.4. The number of rotatable bonds is 2. The molecule has 1 unspecified atom stereocenters. The first-order valence-electron chi connectivity index (χ1n) is 4.70. The van der Waals surface area contributed by atoms with Crippen LogP contribution in [0.1, 0.15) is 17.9 Å². The number of ether oxygens (including phenoxy) is 2. The molecule has 84 valence electrons. The van der Waals surface area contributed by atoms with Crippen LogP contribution in [0.4, 0.5) is 0 Å². The zero-order valence-electron chi connectivity index (χ0n) is 8.53. The van der Waals surface area contributed by atoms with Gasteiger partial charge in [-0.2, -0.15) is 0 Å². The molecule has 1 aliphatic heterocycles. The van der Waals surface area contributed by atoms with Crippen molar-refractivity contribution in [1.29, 1.82) is 0 Å². The van der Waals surface area contributed by atoms with Gasteiger partial charge < -0.3 is 9.47 Å². The van der Waals surface area contributed by atoms with Crippen molar-refractivity contribution in [1.82, 2.24) is 0 Å². The average Bonchev–Trinajstić information content (AvgIpc) is 2.58. The molecule has 0 aliphatic carbocycles. The topological polar surface area (TPSA) is 52.6 Å². The SMILES string of the molecule is COc1ccc(Br)c(C2CC(=O)OC2=O)c1. The van der Waals surface area contributed by atoms with Gasteiger partial charge in [0.1, 0.15) is 5.75 Å². The van der Waals surface area contributed by atoms with E-state index >= 15 is 0 Å². The Morgan fingerprint density at radius 2 is 2.19 bits per heavy atom. The fraction of sp³-hybridized carbons (Fsp3) is 0.273. The Morgan fingerprint density at radius 3 is 2.75 bits per heavy atom. The predicted molar refractivity (Wildman–Crippen MR) is 59.2 cm³/mol. The third-order valence-corrected chi connectivity index (χ3v) is 3.17. The summed E-state index contributed by atoms with van der Waals surface area (Å²) >= 11 is 3.34. The van der Waals surface area contributed by atoms with E-state index in [9.17, 15) is 9.59 Å². The Bertz CT molecular complexity index is 455. The van der Waals surface area contributed by atoms with Crippen LogP contribution in [0.3, 0.4) is 0 Å². The van der Waals surface area contributed by atoms with Gasteiger partial charge in [-0.15, -0.1) is 0 Å². The summed E-state index contributed by atoms with van der Waals surface area (Å²) in [6, 6.07) is 5.29. The van der Waals surface area contributed by atoms with Crippen molar-refractivity contribution in [2.24, 2.45) is 0 Å². The molecule has 0 bridgehead atoms. The molecule has 2 rings (SSSR count). The lowest BCUT2D eigenvalue weighted by Gasteiger charge is -2.09. The lowest BCUT2D eigenvalue weighted by molar-refractivity contribution is -0.152. The normalized spacial score (nSPS) is 19.8. The number of benzene rings is 1. The number of esters is 2. The van der Waals surface area contributed by atoms with Gasteiger partial charge >= 0.3 is 11.9 Å². The maximum Gasteiger partial charge on any atom is 0.321 e. The first-order valence-corrected chi connectivity index (χ1v) is 5.49. The molecular weight excluding hydrogens is 276 g/mol. The molecule has 1 fully saturated rings. The zero-order chi connectivity index (χ0) is 11.7. The molecule has 16 heavy (non-hydrogen) atoms. The van der Waals surface area contributed by atoms with Crippen LogP contribution in [-0.4, -0.2) is 19.0 Å². The molecule has 4 nitrogen and oxygen atoms in total. The van der Waals surface area contributed by atoms with Crippen LogP contribution in [0, 0.1) is 0 Å². The molecule has 1 saturated heterocycles.